The highest BCUT2D eigenvalue weighted by molar-refractivity contribution is 5.13. The number of hydroxylamine groups is 3. The molecule has 164 valence electrons. The van der Waals surface area contributed by atoms with Crippen molar-refractivity contribution in [1.29, 1.82) is 0 Å². The van der Waals surface area contributed by atoms with Crippen LogP contribution in [0.4, 0.5) is 0 Å². The SMILES string of the molecule is CCCCCCCCCCCCOCC[N+](CC)(Cc1ccccc1)OC.[Cl-]. The van der Waals surface area contributed by atoms with Crippen LogP contribution in [0.3, 0.4) is 0 Å². The molecule has 0 spiro atoms. The van der Waals surface area contributed by atoms with Crippen molar-refractivity contribution in [3.63, 3.8) is 0 Å². The minimum Gasteiger partial charge on any atom is -1.00 e. The van der Waals surface area contributed by atoms with Gasteiger partial charge in [0.2, 0.25) is 0 Å². The number of quaternary nitrogens is 1. The van der Waals surface area contributed by atoms with Crippen molar-refractivity contribution in [3.05, 3.63) is 35.9 Å². The lowest BCUT2D eigenvalue weighted by molar-refractivity contribution is -1.11. The Bertz CT molecular complexity index is 437. The number of likely N-dealkylation sites (N-methyl/N-ethyl adjacent to an activating group) is 1. The number of rotatable bonds is 18. The average molecular weight is 414 g/mol. The molecule has 0 radical (unpaired) electrons. The number of unbranched alkanes of at least 4 members (excludes halogenated alkanes) is 9. The van der Waals surface area contributed by atoms with Gasteiger partial charge in [-0.2, -0.15) is 4.65 Å². The van der Waals surface area contributed by atoms with Crippen LogP contribution >= 0.6 is 0 Å². The normalized spacial score (nSPS) is 13.1. The molecule has 1 aromatic carbocycles. The highest BCUT2D eigenvalue weighted by atomic mass is 35.5. The molecule has 1 atom stereocenters. The van der Waals surface area contributed by atoms with Crippen LogP contribution in [-0.4, -0.2) is 38.1 Å². The molecular formula is C24H44ClNO2. The van der Waals surface area contributed by atoms with Crippen LogP contribution in [-0.2, 0) is 16.1 Å². The Morgan fingerprint density at radius 3 is 1.86 bits per heavy atom. The average Bonchev–Trinajstić information content (AvgIpc) is 2.71. The fraction of sp³-hybridized carbons (Fsp3) is 0.750. The quantitative estimate of drug-likeness (QED) is 0.208. The number of nitrogens with zero attached hydrogens (tertiary/aromatic N) is 1. The summed E-state index contributed by atoms with van der Waals surface area (Å²) in [5.41, 5.74) is 1.32. The zero-order valence-corrected chi connectivity index (χ0v) is 19.4. The molecule has 28 heavy (non-hydrogen) atoms. The molecule has 0 heterocycles. The first-order chi connectivity index (χ1) is 13.3. The molecule has 3 nitrogen and oxygen atoms in total. The molecule has 0 amide bonds. The maximum absolute atomic E-state index is 5.91. The van der Waals surface area contributed by atoms with Crippen molar-refractivity contribution in [1.82, 2.24) is 0 Å². The molecule has 0 saturated carbocycles. The van der Waals surface area contributed by atoms with Gasteiger partial charge in [0, 0.05) is 12.2 Å². The summed E-state index contributed by atoms with van der Waals surface area (Å²) >= 11 is 0. The molecule has 0 aliphatic heterocycles. The van der Waals surface area contributed by atoms with Crippen LogP contribution in [0.1, 0.15) is 83.6 Å². The van der Waals surface area contributed by atoms with Crippen LogP contribution in [0, 0.1) is 0 Å². The molecule has 0 aliphatic carbocycles. The third-order valence-electron chi connectivity index (χ3n) is 5.56. The molecule has 0 aromatic heterocycles. The molecule has 0 N–H and O–H groups in total. The summed E-state index contributed by atoms with van der Waals surface area (Å²) in [6.45, 7) is 8.87. The van der Waals surface area contributed by atoms with E-state index in [2.05, 4.69) is 44.2 Å². The molecule has 0 saturated heterocycles. The monoisotopic (exact) mass is 413 g/mol. The van der Waals surface area contributed by atoms with E-state index in [1.165, 1.54) is 69.8 Å². The van der Waals surface area contributed by atoms with Gasteiger partial charge in [-0.15, -0.1) is 0 Å². The second-order valence-corrected chi connectivity index (χ2v) is 7.72. The first-order valence-corrected chi connectivity index (χ1v) is 11.3. The van der Waals surface area contributed by atoms with E-state index in [1.54, 1.807) is 0 Å². The van der Waals surface area contributed by atoms with Crippen molar-refractivity contribution < 1.29 is 26.6 Å². The maximum Gasteiger partial charge on any atom is 0.134 e. The van der Waals surface area contributed by atoms with E-state index in [9.17, 15) is 0 Å². The van der Waals surface area contributed by atoms with Gasteiger partial charge in [0.15, 0.2) is 0 Å². The Hall–Kier alpha value is -0.610. The Morgan fingerprint density at radius 1 is 0.750 bits per heavy atom. The largest absolute Gasteiger partial charge is 1.00 e. The minimum atomic E-state index is 0. The lowest BCUT2D eigenvalue weighted by Gasteiger charge is -2.33. The predicted molar refractivity (Wildman–Crippen MR) is 115 cm³/mol. The predicted octanol–water partition coefficient (Wildman–Crippen LogP) is 3.53. The lowest BCUT2D eigenvalue weighted by atomic mass is 10.1. The van der Waals surface area contributed by atoms with Crippen molar-refractivity contribution in [3.8, 4) is 0 Å². The molecule has 1 unspecified atom stereocenters. The van der Waals surface area contributed by atoms with E-state index in [4.69, 9.17) is 9.57 Å². The van der Waals surface area contributed by atoms with Gasteiger partial charge in [0.25, 0.3) is 0 Å². The van der Waals surface area contributed by atoms with Crippen LogP contribution in [0.25, 0.3) is 0 Å². The van der Waals surface area contributed by atoms with Gasteiger partial charge in [0.05, 0.1) is 13.7 Å². The smallest absolute Gasteiger partial charge is 0.134 e. The summed E-state index contributed by atoms with van der Waals surface area (Å²) in [6.07, 6.45) is 13.7. The highest BCUT2D eigenvalue weighted by Gasteiger charge is 2.26. The van der Waals surface area contributed by atoms with Crippen molar-refractivity contribution in [2.24, 2.45) is 0 Å². The van der Waals surface area contributed by atoms with Crippen LogP contribution in [0.2, 0.25) is 0 Å². The first-order valence-electron chi connectivity index (χ1n) is 11.3. The van der Waals surface area contributed by atoms with Gasteiger partial charge in [-0.1, -0.05) is 95.0 Å². The van der Waals surface area contributed by atoms with Gasteiger partial charge in [-0.25, -0.2) is 4.84 Å². The topological polar surface area (TPSA) is 18.5 Å². The summed E-state index contributed by atoms with van der Waals surface area (Å²) in [5, 5.41) is 0. The summed E-state index contributed by atoms with van der Waals surface area (Å²) in [7, 11) is 1.81. The third kappa shape index (κ3) is 12.8. The lowest BCUT2D eigenvalue weighted by Crippen LogP contribution is -3.00. The van der Waals surface area contributed by atoms with Gasteiger partial charge in [-0.3, -0.25) is 0 Å². The van der Waals surface area contributed by atoms with Crippen molar-refractivity contribution in [2.45, 2.75) is 84.6 Å². The van der Waals surface area contributed by atoms with Gasteiger partial charge >= 0.3 is 0 Å². The maximum atomic E-state index is 5.91. The standard InChI is InChI=1S/C24H44NO2.ClH/c1-4-6-7-8-9-10-11-12-13-17-21-27-22-20-25(5-2,26-3)23-24-18-15-14-16-19-24;/h14-16,18-19H,4-13,17,20-23H2,1-3H3;1H/q+1;/p-1. The number of benzene rings is 1. The molecule has 0 bridgehead atoms. The number of hydrogen-bond acceptors (Lipinski definition) is 2. The summed E-state index contributed by atoms with van der Waals surface area (Å²) < 4.78 is 6.53. The molecule has 4 heteroatoms. The van der Waals surface area contributed by atoms with Gasteiger partial charge < -0.3 is 17.1 Å². The molecule has 0 fully saturated rings. The number of halogens is 1. The second kappa shape index (κ2) is 18.4. The summed E-state index contributed by atoms with van der Waals surface area (Å²) in [5.74, 6) is 0. The number of hydrogen-bond donors (Lipinski definition) is 0. The molecule has 0 aliphatic rings. The Labute approximate surface area is 180 Å². The Kier molecular flexibility index (Phi) is 18.0. The molecular weight excluding hydrogens is 370 g/mol. The van der Waals surface area contributed by atoms with E-state index in [0.717, 1.165) is 32.8 Å². The number of ether oxygens (including phenoxy) is 1. The van der Waals surface area contributed by atoms with Crippen LogP contribution < -0.4 is 12.4 Å². The van der Waals surface area contributed by atoms with Crippen molar-refractivity contribution in [2.75, 3.05) is 33.4 Å². The van der Waals surface area contributed by atoms with E-state index in [0.29, 0.717) is 4.65 Å². The van der Waals surface area contributed by atoms with E-state index < -0.39 is 0 Å². The van der Waals surface area contributed by atoms with E-state index in [-0.39, 0.29) is 12.4 Å². The summed E-state index contributed by atoms with van der Waals surface area (Å²) in [4.78, 5) is 5.86. The zero-order chi connectivity index (χ0) is 19.6. The third-order valence-corrected chi connectivity index (χ3v) is 5.56. The fourth-order valence-electron chi connectivity index (χ4n) is 3.57. The van der Waals surface area contributed by atoms with Crippen LogP contribution in [0.5, 0.6) is 0 Å². The zero-order valence-electron chi connectivity index (χ0n) is 18.6. The van der Waals surface area contributed by atoms with E-state index >= 15 is 0 Å². The van der Waals surface area contributed by atoms with Crippen molar-refractivity contribution >= 4 is 0 Å². The summed E-state index contributed by atoms with van der Waals surface area (Å²) in [6, 6.07) is 10.6. The van der Waals surface area contributed by atoms with Crippen LogP contribution in [0.15, 0.2) is 30.3 Å². The Morgan fingerprint density at radius 2 is 1.32 bits per heavy atom. The molecule has 1 rings (SSSR count). The molecule has 1 aromatic rings. The highest BCUT2D eigenvalue weighted by Crippen LogP contribution is 2.15. The fourth-order valence-corrected chi connectivity index (χ4v) is 3.57. The Balaban J connectivity index is 0.00000729. The van der Waals surface area contributed by atoms with Gasteiger partial charge in [0.1, 0.15) is 19.6 Å². The minimum absolute atomic E-state index is 0. The van der Waals surface area contributed by atoms with E-state index in [1.807, 2.05) is 7.11 Å². The first kappa shape index (κ1) is 27.4. The second-order valence-electron chi connectivity index (χ2n) is 7.72. The van der Waals surface area contributed by atoms with Gasteiger partial charge in [-0.05, 0) is 13.3 Å².